The topological polar surface area (TPSA) is 115 Å². The molecule has 0 amide bonds. The van der Waals surface area contributed by atoms with Crippen molar-refractivity contribution >= 4 is 28.8 Å². The number of fused-ring (bicyclic) bond motifs is 1. The smallest absolute Gasteiger partial charge is 0.416 e. The van der Waals surface area contributed by atoms with Crippen molar-refractivity contribution in [2.75, 3.05) is 11.9 Å². The number of nitrogens with one attached hydrogen (secondary N) is 1. The number of rotatable bonds is 8. The van der Waals surface area contributed by atoms with Crippen LogP contribution in [0.5, 0.6) is 0 Å². The molecule has 1 saturated carbocycles. The Morgan fingerprint density at radius 3 is 2.51 bits per heavy atom. The van der Waals surface area contributed by atoms with Gasteiger partial charge in [-0.25, -0.2) is 24.7 Å². The third kappa shape index (κ3) is 4.96. The SMILES string of the molecule is CCC1COC(c2nc3nc(C(=O)O)nc(NC(C)C4CCC4)c3n2Cc2ccc(C(F)(F)F)cc2)=N1. The number of anilines is 1. The lowest BCUT2D eigenvalue weighted by atomic mass is 9.80. The number of nitrogens with zero attached hydrogens (tertiary/aromatic N) is 5. The normalized spacial score (nSPS) is 18.8. The van der Waals surface area contributed by atoms with E-state index >= 15 is 0 Å². The molecule has 196 valence electrons. The highest BCUT2D eigenvalue weighted by molar-refractivity contribution is 5.98. The number of imidazole rings is 1. The molecule has 0 radical (unpaired) electrons. The fourth-order valence-electron chi connectivity index (χ4n) is 4.55. The zero-order chi connectivity index (χ0) is 26.3. The van der Waals surface area contributed by atoms with Gasteiger partial charge < -0.3 is 19.7 Å². The molecular formula is C25H27F3N6O3. The second-order valence-corrected chi connectivity index (χ2v) is 9.52. The summed E-state index contributed by atoms with van der Waals surface area (Å²) in [6, 6.07) is 4.84. The summed E-state index contributed by atoms with van der Waals surface area (Å²) >= 11 is 0. The van der Waals surface area contributed by atoms with Gasteiger partial charge in [-0.3, -0.25) is 0 Å². The molecule has 1 fully saturated rings. The Morgan fingerprint density at radius 2 is 1.95 bits per heavy atom. The third-order valence-corrected chi connectivity index (χ3v) is 7.01. The first-order valence-corrected chi connectivity index (χ1v) is 12.3. The first-order valence-electron chi connectivity index (χ1n) is 12.3. The molecule has 9 nitrogen and oxygen atoms in total. The van der Waals surface area contributed by atoms with Gasteiger partial charge in [-0.05, 0) is 49.8 Å². The van der Waals surface area contributed by atoms with Crippen molar-refractivity contribution in [3.8, 4) is 0 Å². The van der Waals surface area contributed by atoms with Crippen LogP contribution in [0.1, 0.15) is 67.1 Å². The van der Waals surface area contributed by atoms with Crippen LogP contribution in [0.4, 0.5) is 19.0 Å². The van der Waals surface area contributed by atoms with Gasteiger partial charge in [-0.15, -0.1) is 0 Å². The molecule has 0 spiro atoms. The first kappa shape index (κ1) is 25.0. The van der Waals surface area contributed by atoms with E-state index in [9.17, 15) is 23.1 Å². The number of aromatic nitrogens is 4. The van der Waals surface area contributed by atoms with Gasteiger partial charge >= 0.3 is 12.1 Å². The second-order valence-electron chi connectivity index (χ2n) is 9.52. The number of aromatic carboxylic acids is 1. The van der Waals surface area contributed by atoms with Gasteiger partial charge in [0.1, 0.15) is 12.1 Å². The molecular weight excluding hydrogens is 489 g/mol. The van der Waals surface area contributed by atoms with Crippen LogP contribution in [0.3, 0.4) is 0 Å². The number of carboxylic acids is 1. The maximum atomic E-state index is 13.1. The molecule has 2 aromatic heterocycles. The average Bonchev–Trinajstić information content (AvgIpc) is 3.42. The molecule has 3 heterocycles. The monoisotopic (exact) mass is 516 g/mol. The van der Waals surface area contributed by atoms with Gasteiger partial charge in [0.05, 0.1) is 18.2 Å². The number of hydrogen-bond donors (Lipinski definition) is 2. The number of halogens is 3. The molecule has 0 saturated heterocycles. The number of benzene rings is 1. The minimum atomic E-state index is -4.44. The van der Waals surface area contributed by atoms with Crippen molar-refractivity contribution in [3.63, 3.8) is 0 Å². The number of hydrogen-bond acceptors (Lipinski definition) is 7. The van der Waals surface area contributed by atoms with Crippen molar-refractivity contribution in [2.45, 2.75) is 64.3 Å². The van der Waals surface area contributed by atoms with E-state index in [4.69, 9.17) is 4.74 Å². The largest absolute Gasteiger partial charge is 0.475 e. The van der Waals surface area contributed by atoms with Crippen LogP contribution < -0.4 is 5.32 Å². The molecule has 37 heavy (non-hydrogen) atoms. The standard InChI is InChI=1S/C25H27F3N6O3/c1-3-17-12-37-23(30-17)22-33-20-18(34(22)11-14-7-9-16(10-8-14)25(26,27)28)19(31-21(32-20)24(35)36)29-13(2)15-5-4-6-15/h7-10,13,15,17H,3-6,11-12H2,1-2H3,(H,35,36)(H,29,31,32). The molecule has 0 bridgehead atoms. The summed E-state index contributed by atoms with van der Waals surface area (Å²) in [7, 11) is 0. The Kier molecular flexibility index (Phi) is 6.50. The lowest BCUT2D eigenvalue weighted by Gasteiger charge is -2.32. The van der Waals surface area contributed by atoms with Crippen molar-refractivity contribution in [1.29, 1.82) is 0 Å². The van der Waals surface area contributed by atoms with Gasteiger partial charge in [0.15, 0.2) is 17.3 Å². The minimum absolute atomic E-state index is 0.0240. The molecule has 3 aromatic rings. The third-order valence-electron chi connectivity index (χ3n) is 7.01. The van der Waals surface area contributed by atoms with Crippen LogP contribution >= 0.6 is 0 Å². The lowest BCUT2D eigenvalue weighted by Crippen LogP contribution is -2.31. The molecule has 2 atom stereocenters. The number of carbonyl (C=O) groups is 1. The van der Waals surface area contributed by atoms with Crippen molar-refractivity contribution < 1.29 is 27.8 Å². The van der Waals surface area contributed by atoms with E-state index in [1.54, 1.807) is 4.57 Å². The van der Waals surface area contributed by atoms with Crippen LogP contribution in [0.2, 0.25) is 0 Å². The van der Waals surface area contributed by atoms with Crippen LogP contribution in [-0.4, -0.2) is 55.2 Å². The quantitative estimate of drug-likeness (QED) is 0.444. The van der Waals surface area contributed by atoms with E-state index in [-0.39, 0.29) is 30.2 Å². The van der Waals surface area contributed by atoms with Gasteiger partial charge in [-0.2, -0.15) is 13.2 Å². The van der Waals surface area contributed by atoms with Gasteiger partial charge in [-0.1, -0.05) is 25.5 Å². The van der Waals surface area contributed by atoms with E-state index in [0.717, 1.165) is 37.8 Å². The maximum Gasteiger partial charge on any atom is 0.416 e. The number of alkyl halides is 3. The number of ether oxygens (including phenoxy) is 1. The molecule has 1 aliphatic heterocycles. The maximum absolute atomic E-state index is 13.1. The van der Waals surface area contributed by atoms with Gasteiger partial charge in [0.25, 0.3) is 5.90 Å². The molecule has 12 heteroatoms. The van der Waals surface area contributed by atoms with Crippen molar-refractivity contribution in [3.05, 3.63) is 47.0 Å². The van der Waals surface area contributed by atoms with E-state index in [2.05, 4.69) is 25.3 Å². The molecule has 2 unspecified atom stereocenters. The van der Waals surface area contributed by atoms with E-state index in [0.29, 0.717) is 35.2 Å². The van der Waals surface area contributed by atoms with Crippen LogP contribution in [0.15, 0.2) is 29.3 Å². The molecule has 1 aromatic carbocycles. The van der Waals surface area contributed by atoms with E-state index in [1.165, 1.54) is 12.1 Å². The van der Waals surface area contributed by atoms with Gasteiger partial charge in [0, 0.05) is 6.04 Å². The van der Waals surface area contributed by atoms with Gasteiger partial charge in [0.2, 0.25) is 5.82 Å². The Bertz CT molecular complexity index is 1350. The predicted octanol–water partition coefficient (Wildman–Crippen LogP) is 4.75. The highest BCUT2D eigenvalue weighted by Gasteiger charge is 2.32. The van der Waals surface area contributed by atoms with Crippen molar-refractivity contribution in [2.24, 2.45) is 10.9 Å². The first-order chi connectivity index (χ1) is 17.6. The highest BCUT2D eigenvalue weighted by Crippen LogP contribution is 2.33. The summed E-state index contributed by atoms with van der Waals surface area (Å²) in [4.78, 5) is 29.4. The Hall–Kier alpha value is -3.70. The average molecular weight is 517 g/mol. The van der Waals surface area contributed by atoms with Crippen LogP contribution in [0, 0.1) is 5.92 Å². The molecule has 5 rings (SSSR count). The summed E-state index contributed by atoms with van der Waals surface area (Å²) in [6.45, 7) is 4.52. The summed E-state index contributed by atoms with van der Waals surface area (Å²) in [5.74, 6) is -0.355. The lowest BCUT2D eigenvalue weighted by molar-refractivity contribution is -0.137. The van der Waals surface area contributed by atoms with E-state index in [1.807, 2.05) is 13.8 Å². The summed E-state index contributed by atoms with van der Waals surface area (Å²) in [6.07, 6.45) is -0.414. The van der Waals surface area contributed by atoms with Crippen LogP contribution in [0.25, 0.3) is 11.2 Å². The zero-order valence-electron chi connectivity index (χ0n) is 20.4. The molecule has 2 N–H and O–H groups in total. The molecule has 1 aliphatic carbocycles. The Balaban J connectivity index is 1.64. The number of carboxylic acid groups (broad SMARTS) is 1. The summed E-state index contributed by atoms with van der Waals surface area (Å²) < 4.78 is 46.8. The fraction of sp³-hybridized carbons (Fsp3) is 0.480. The predicted molar refractivity (Wildman–Crippen MR) is 130 cm³/mol. The van der Waals surface area contributed by atoms with Crippen molar-refractivity contribution in [1.82, 2.24) is 19.5 Å². The Labute approximate surface area is 210 Å². The molecule has 2 aliphatic rings. The zero-order valence-corrected chi connectivity index (χ0v) is 20.4. The highest BCUT2D eigenvalue weighted by atomic mass is 19.4. The summed E-state index contributed by atoms with van der Waals surface area (Å²) in [5, 5.41) is 13.0. The Morgan fingerprint density at radius 1 is 1.22 bits per heavy atom. The number of aliphatic imine (C=N–C) groups is 1. The van der Waals surface area contributed by atoms with E-state index < -0.39 is 23.5 Å². The fourth-order valence-corrected chi connectivity index (χ4v) is 4.55. The summed E-state index contributed by atoms with van der Waals surface area (Å²) in [5.41, 5.74) is 0.424. The van der Waals surface area contributed by atoms with Crippen LogP contribution in [-0.2, 0) is 17.5 Å². The second kappa shape index (κ2) is 9.64. The minimum Gasteiger partial charge on any atom is -0.475 e.